The van der Waals surface area contributed by atoms with Gasteiger partial charge in [-0.25, -0.2) is 0 Å². The van der Waals surface area contributed by atoms with Crippen LogP contribution in [0.2, 0.25) is 0 Å². The maximum absolute atomic E-state index is 12.5. The molecule has 0 spiro atoms. The molecule has 0 saturated carbocycles. The summed E-state index contributed by atoms with van der Waals surface area (Å²) < 4.78 is 7.33. The number of nitrogens with zero attached hydrogens (tertiary/aromatic N) is 3. The maximum Gasteiger partial charge on any atom is 0.233 e. The third-order valence-electron chi connectivity index (χ3n) is 4.37. The van der Waals surface area contributed by atoms with E-state index in [1.165, 1.54) is 17.3 Å². The number of nitrogens with one attached hydrogen (secondary N) is 1. The molecule has 1 unspecified atom stereocenters. The molecule has 6 nitrogen and oxygen atoms in total. The molecule has 146 valence electrons. The van der Waals surface area contributed by atoms with Crippen LogP contribution in [-0.4, -0.2) is 25.9 Å². The molecular weight excluding hydrogens is 372 g/mol. The van der Waals surface area contributed by atoms with Gasteiger partial charge in [0.25, 0.3) is 0 Å². The van der Waals surface area contributed by atoms with Crippen LogP contribution in [0, 0.1) is 13.8 Å². The van der Waals surface area contributed by atoms with E-state index in [9.17, 15) is 4.79 Å². The van der Waals surface area contributed by atoms with E-state index in [0.717, 1.165) is 16.9 Å². The Bertz CT molecular complexity index is 959. The first-order chi connectivity index (χ1) is 13.5. The number of amides is 1. The summed E-state index contributed by atoms with van der Waals surface area (Å²) in [5.41, 5.74) is 3.16. The lowest BCUT2D eigenvalue weighted by atomic mass is 10.1. The Balaban J connectivity index is 1.69. The number of aromatic nitrogens is 3. The van der Waals surface area contributed by atoms with Crippen LogP contribution < -0.4 is 5.32 Å². The monoisotopic (exact) mass is 396 g/mol. The van der Waals surface area contributed by atoms with E-state index < -0.39 is 0 Å². The van der Waals surface area contributed by atoms with Crippen molar-refractivity contribution in [1.29, 1.82) is 0 Å². The summed E-state index contributed by atoms with van der Waals surface area (Å²) in [6.45, 7) is 10.7. The number of furan rings is 1. The fourth-order valence-corrected chi connectivity index (χ4v) is 3.62. The molecule has 0 aliphatic rings. The van der Waals surface area contributed by atoms with Crippen molar-refractivity contribution in [2.75, 3.05) is 0 Å². The van der Waals surface area contributed by atoms with Crippen molar-refractivity contribution in [1.82, 2.24) is 20.1 Å². The van der Waals surface area contributed by atoms with Crippen LogP contribution in [0.1, 0.15) is 23.8 Å². The molecule has 2 aromatic heterocycles. The lowest BCUT2D eigenvalue weighted by Gasteiger charge is -2.13. The summed E-state index contributed by atoms with van der Waals surface area (Å²) in [4.78, 5) is 12.5. The fraction of sp³-hybridized carbons (Fsp3) is 0.286. The zero-order valence-corrected chi connectivity index (χ0v) is 17.1. The Morgan fingerprint density at radius 3 is 2.68 bits per heavy atom. The molecule has 0 aliphatic carbocycles. The van der Waals surface area contributed by atoms with E-state index >= 15 is 0 Å². The minimum Gasteiger partial charge on any atom is -0.469 e. The average molecular weight is 397 g/mol. The van der Waals surface area contributed by atoms with Gasteiger partial charge in [0.2, 0.25) is 5.91 Å². The largest absolute Gasteiger partial charge is 0.469 e. The van der Waals surface area contributed by atoms with Gasteiger partial charge < -0.3 is 9.73 Å². The minimum atomic E-state index is -0.309. The number of allylic oxidation sites excluding steroid dienone is 1. The molecule has 0 saturated heterocycles. The summed E-state index contributed by atoms with van der Waals surface area (Å²) in [5.74, 6) is 1.44. The van der Waals surface area contributed by atoms with Crippen LogP contribution in [0.3, 0.4) is 0 Å². The second kappa shape index (κ2) is 8.93. The number of benzene rings is 1. The molecule has 0 bridgehead atoms. The van der Waals surface area contributed by atoms with Crippen LogP contribution in [-0.2, 0) is 17.9 Å². The molecule has 2 heterocycles. The lowest BCUT2D eigenvalue weighted by molar-refractivity contribution is -0.120. The zero-order valence-electron chi connectivity index (χ0n) is 16.3. The molecule has 1 aromatic carbocycles. The van der Waals surface area contributed by atoms with Crippen molar-refractivity contribution in [2.24, 2.45) is 0 Å². The first-order valence-electron chi connectivity index (χ1n) is 9.08. The van der Waals surface area contributed by atoms with Crippen molar-refractivity contribution >= 4 is 17.7 Å². The third-order valence-corrected chi connectivity index (χ3v) is 5.45. The van der Waals surface area contributed by atoms with Gasteiger partial charge in [-0.3, -0.25) is 9.36 Å². The highest BCUT2D eigenvalue weighted by atomic mass is 32.2. The van der Waals surface area contributed by atoms with Crippen molar-refractivity contribution in [3.63, 3.8) is 0 Å². The molecule has 7 heteroatoms. The molecule has 1 atom stereocenters. The highest BCUT2D eigenvalue weighted by Gasteiger charge is 2.21. The van der Waals surface area contributed by atoms with Crippen LogP contribution in [0.4, 0.5) is 0 Å². The van der Waals surface area contributed by atoms with Gasteiger partial charge in [-0.2, -0.15) is 0 Å². The molecule has 0 radical (unpaired) electrons. The molecule has 1 amide bonds. The van der Waals surface area contributed by atoms with E-state index in [0.29, 0.717) is 24.1 Å². The average Bonchev–Trinajstić information content (AvgIpc) is 3.27. The van der Waals surface area contributed by atoms with Crippen LogP contribution in [0.5, 0.6) is 0 Å². The Morgan fingerprint density at radius 2 is 2.04 bits per heavy atom. The molecular formula is C21H24N4O2S. The quantitative estimate of drug-likeness (QED) is 0.458. The second-order valence-electron chi connectivity index (χ2n) is 6.56. The highest BCUT2D eigenvalue weighted by molar-refractivity contribution is 8.00. The summed E-state index contributed by atoms with van der Waals surface area (Å²) in [7, 11) is 0. The number of hydrogen-bond acceptors (Lipinski definition) is 5. The summed E-state index contributed by atoms with van der Waals surface area (Å²) >= 11 is 1.38. The fourth-order valence-electron chi connectivity index (χ4n) is 2.74. The van der Waals surface area contributed by atoms with Crippen molar-refractivity contribution in [3.8, 4) is 11.4 Å². The first kappa shape index (κ1) is 19.9. The second-order valence-corrected chi connectivity index (χ2v) is 7.87. The van der Waals surface area contributed by atoms with E-state index in [4.69, 9.17) is 4.42 Å². The molecule has 0 fully saturated rings. The van der Waals surface area contributed by atoms with Gasteiger partial charge >= 0.3 is 0 Å². The van der Waals surface area contributed by atoms with Gasteiger partial charge in [0.05, 0.1) is 17.1 Å². The maximum atomic E-state index is 12.5. The van der Waals surface area contributed by atoms with E-state index in [1.807, 2.05) is 55.7 Å². The van der Waals surface area contributed by atoms with Crippen molar-refractivity contribution in [2.45, 2.75) is 44.3 Å². The summed E-state index contributed by atoms with van der Waals surface area (Å²) in [6.07, 6.45) is 3.42. The number of carbonyl (C=O) groups is 1. The minimum absolute atomic E-state index is 0.0419. The number of aryl methyl sites for hydroxylation is 2. The molecule has 3 rings (SSSR count). The predicted octanol–water partition coefficient (Wildman–Crippen LogP) is 4.14. The Kier molecular flexibility index (Phi) is 6.36. The number of carbonyl (C=O) groups excluding carboxylic acids is 1. The number of rotatable bonds is 8. The molecule has 0 aliphatic heterocycles. The van der Waals surface area contributed by atoms with Crippen molar-refractivity contribution in [3.05, 3.63) is 66.1 Å². The Morgan fingerprint density at radius 1 is 1.29 bits per heavy atom. The van der Waals surface area contributed by atoms with E-state index in [1.54, 1.807) is 12.3 Å². The molecule has 1 N–H and O–H groups in total. The lowest BCUT2D eigenvalue weighted by Crippen LogP contribution is -2.30. The van der Waals surface area contributed by atoms with Gasteiger partial charge in [-0.15, -0.1) is 16.8 Å². The van der Waals surface area contributed by atoms with E-state index in [-0.39, 0.29) is 11.2 Å². The topological polar surface area (TPSA) is 73.0 Å². The predicted molar refractivity (Wildman–Crippen MR) is 111 cm³/mol. The third kappa shape index (κ3) is 4.54. The van der Waals surface area contributed by atoms with Gasteiger partial charge in [0.1, 0.15) is 5.76 Å². The number of thioether (sulfide) groups is 1. The number of hydrogen-bond donors (Lipinski definition) is 1. The standard InChI is InChI=1S/C21H24N4O2S/c1-5-11-25-19(18-10-12-27-15(18)3)23-24-21(25)28-16(4)20(26)22-13-17-8-6-14(2)7-9-17/h5-10,12,16H,1,11,13H2,2-4H3,(H,22,26). The van der Waals surface area contributed by atoms with Gasteiger partial charge in [-0.05, 0) is 32.4 Å². The Labute approximate surface area is 169 Å². The van der Waals surface area contributed by atoms with Crippen LogP contribution in [0.25, 0.3) is 11.4 Å². The SMILES string of the molecule is C=CCn1c(SC(C)C(=O)NCc2ccc(C)cc2)nnc1-c1ccoc1C. The smallest absolute Gasteiger partial charge is 0.233 e. The Hall–Kier alpha value is -2.80. The molecule has 28 heavy (non-hydrogen) atoms. The van der Waals surface area contributed by atoms with Crippen LogP contribution >= 0.6 is 11.8 Å². The summed E-state index contributed by atoms with van der Waals surface area (Å²) in [5, 5.41) is 11.9. The highest BCUT2D eigenvalue weighted by Crippen LogP contribution is 2.29. The van der Waals surface area contributed by atoms with Gasteiger partial charge in [-0.1, -0.05) is 47.7 Å². The van der Waals surface area contributed by atoms with Crippen LogP contribution in [0.15, 0.2) is 58.8 Å². The summed E-state index contributed by atoms with van der Waals surface area (Å²) in [6, 6.07) is 9.99. The van der Waals surface area contributed by atoms with Gasteiger partial charge in [0.15, 0.2) is 11.0 Å². The van der Waals surface area contributed by atoms with Crippen molar-refractivity contribution < 1.29 is 9.21 Å². The van der Waals surface area contributed by atoms with E-state index in [2.05, 4.69) is 22.1 Å². The zero-order chi connectivity index (χ0) is 20.1. The first-order valence-corrected chi connectivity index (χ1v) is 9.96. The molecule has 3 aromatic rings. The van der Waals surface area contributed by atoms with Gasteiger partial charge in [0, 0.05) is 13.1 Å². The normalized spacial score (nSPS) is 12.0.